The molecule has 2 aliphatic heterocycles. The van der Waals surface area contributed by atoms with E-state index in [0.29, 0.717) is 15.1 Å². The summed E-state index contributed by atoms with van der Waals surface area (Å²) in [7, 11) is 1.68. The summed E-state index contributed by atoms with van der Waals surface area (Å²) in [5.41, 5.74) is -0.0472. The van der Waals surface area contributed by atoms with Crippen LogP contribution in [-0.2, 0) is 14.4 Å². The van der Waals surface area contributed by atoms with Crippen molar-refractivity contribution >= 4 is 46.7 Å². The van der Waals surface area contributed by atoms with E-state index >= 15 is 0 Å². The van der Waals surface area contributed by atoms with E-state index in [9.17, 15) is 24.6 Å². The fourth-order valence-electron chi connectivity index (χ4n) is 3.48. The molecule has 1 saturated heterocycles. The number of rotatable bonds is 7. The van der Waals surface area contributed by atoms with Gasteiger partial charge in [-0.05, 0) is 20.9 Å². The van der Waals surface area contributed by atoms with Crippen molar-refractivity contribution in [3.05, 3.63) is 16.0 Å². The molecule has 3 heterocycles. The van der Waals surface area contributed by atoms with E-state index in [1.165, 1.54) is 28.0 Å². The topological polar surface area (TPSA) is 132 Å². The number of aliphatic hydroxyl groups excluding tert-OH is 1. The van der Waals surface area contributed by atoms with Gasteiger partial charge in [0.2, 0.25) is 11.8 Å². The molecule has 28 heavy (non-hydrogen) atoms. The molecule has 11 heteroatoms. The number of nitrogens with zero attached hydrogens (tertiary/aromatic N) is 2. The van der Waals surface area contributed by atoms with Crippen LogP contribution in [0.2, 0.25) is 0 Å². The quantitative estimate of drug-likeness (QED) is 0.474. The summed E-state index contributed by atoms with van der Waals surface area (Å²) < 4.78 is 0.566. The van der Waals surface area contributed by atoms with E-state index < -0.39 is 18.0 Å². The summed E-state index contributed by atoms with van der Waals surface area (Å²) in [4.78, 5) is 42.3. The molecule has 9 nitrogen and oxygen atoms in total. The number of thiazole rings is 1. The van der Waals surface area contributed by atoms with Gasteiger partial charge in [-0.3, -0.25) is 9.59 Å². The lowest BCUT2D eigenvalue weighted by Gasteiger charge is -2.46. The Kier molecular flexibility index (Phi) is 5.80. The standard InChI is InChI=1S/C17H22N4O5S2/c1-6-11-10(8(3)22)15(24)21(11)12(16(25)26)13(6)28-17-20-9(5-27-17)19-14(23)7(2)18-4/h5-8,10-11,18,22H,1-4H3,(H,19,23)(H,25,26)/t6-,7?,8-,10-,11-/m1/s1. The molecule has 1 aromatic heterocycles. The minimum absolute atomic E-state index is 0.0472. The Hall–Kier alpha value is -1.95. The number of fused-ring (bicyclic) bond motifs is 1. The second-order valence-corrected chi connectivity index (χ2v) is 9.02. The summed E-state index contributed by atoms with van der Waals surface area (Å²) in [5.74, 6) is -2.21. The van der Waals surface area contributed by atoms with Crippen LogP contribution in [-0.4, -0.2) is 63.1 Å². The fourth-order valence-corrected chi connectivity index (χ4v) is 5.50. The number of likely N-dealkylation sites (N-methyl/N-ethyl adjacent to an activating group) is 1. The minimum atomic E-state index is -1.18. The monoisotopic (exact) mass is 426 g/mol. The van der Waals surface area contributed by atoms with Crippen LogP contribution in [0.3, 0.4) is 0 Å². The summed E-state index contributed by atoms with van der Waals surface area (Å²) in [6, 6.07) is -0.738. The van der Waals surface area contributed by atoms with Gasteiger partial charge >= 0.3 is 5.97 Å². The first-order valence-corrected chi connectivity index (χ1v) is 10.5. The zero-order valence-corrected chi connectivity index (χ0v) is 17.4. The minimum Gasteiger partial charge on any atom is -0.477 e. The van der Waals surface area contributed by atoms with Crippen molar-refractivity contribution in [1.29, 1.82) is 0 Å². The molecule has 0 aromatic carbocycles. The molecule has 1 unspecified atom stereocenters. The number of nitrogens with one attached hydrogen (secondary N) is 2. The van der Waals surface area contributed by atoms with E-state index in [4.69, 9.17) is 0 Å². The molecule has 1 fully saturated rings. The Morgan fingerprint density at radius 2 is 2.07 bits per heavy atom. The van der Waals surface area contributed by atoms with Crippen LogP contribution in [0.5, 0.6) is 0 Å². The zero-order valence-electron chi connectivity index (χ0n) is 15.8. The Balaban J connectivity index is 1.81. The van der Waals surface area contributed by atoms with Crippen LogP contribution in [0.1, 0.15) is 20.8 Å². The van der Waals surface area contributed by atoms with Crippen molar-refractivity contribution in [2.24, 2.45) is 11.8 Å². The molecule has 5 atom stereocenters. The highest BCUT2D eigenvalue weighted by molar-refractivity contribution is 8.04. The first-order chi connectivity index (χ1) is 13.2. The third kappa shape index (κ3) is 3.43. The van der Waals surface area contributed by atoms with Gasteiger partial charge < -0.3 is 25.7 Å². The van der Waals surface area contributed by atoms with Crippen molar-refractivity contribution in [1.82, 2.24) is 15.2 Å². The number of aliphatic hydroxyl groups is 1. The van der Waals surface area contributed by atoms with Gasteiger partial charge in [-0.25, -0.2) is 9.78 Å². The van der Waals surface area contributed by atoms with E-state index in [2.05, 4.69) is 15.6 Å². The lowest BCUT2D eigenvalue weighted by molar-refractivity contribution is -0.163. The first kappa shape index (κ1) is 20.8. The number of thioether (sulfide) groups is 1. The number of aromatic nitrogens is 1. The van der Waals surface area contributed by atoms with Crippen molar-refractivity contribution < 1.29 is 24.6 Å². The third-order valence-electron chi connectivity index (χ3n) is 5.07. The largest absolute Gasteiger partial charge is 0.477 e. The van der Waals surface area contributed by atoms with Crippen LogP contribution in [0, 0.1) is 11.8 Å². The molecule has 2 aliphatic rings. The molecule has 2 amide bonds. The normalized spacial score (nSPS) is 26.0. The Morgan fingerprint density at radius 3 is 2.64 bits per heavy atom. The maximum Gasteiger partial charge on any atom is 0.353 e. The number of carboxylic acid groups (broad SMARTS) is 1. The lowest BCUT2D eigenvalue weighted by Crippen LogP contribution is -2.63. The van der Waals surface area contributed by atoms with E-state index in [-0.39, 0.29) is 35.5 Å². The number of amides is 2. The highest BCUT2D eigenvalue weighted by Crippen LogP contribution is 2.52. The van der Waals surface area contributed by atoms with Gasteiger partial charge in [0.25, 0.3) is 0 Å². The van der Waals surface area contributed by atoms with Gasteiger partial charge in [-0.1, -0.05) is 18.7 Å². The van der Waals surface area contributed by atoms with Gasteiger partial charge in [0.1, 0.15) is 11.5 Å². The third-order valence-corrected chi connectivity index (χ3v) is 7.29. The van der Waals surface area contributed by atoms with Crippen molar-refractivity contribution in [2.75, 3.05) is 12.4 Å². The number of aliphatic carboxylic acids is 1. The number of anilines is 1. The average Bonchev–Trinajstić information content (AvgIpc) is 3.15. The summed E-state index contributed by atoms with van der Waals surface area (Å²) in [5, 5.41) is 26.7. The fraction of sp³-hybridized carbons (Fsp3) is 0.529. The maximum atomic E-state index is 12.4. The second kappa shape index (κ2) is 7.82. The summed E-state index contributed by atoms with van der Waals surface area (Å²) >= 11 is 2.47. The Bertz CT molecular complexity index is 852. The zero-order chi connectivity index (χ0) is 20.7. The molecule has 0 spiro atoms. The molecule has 0 bridgehead atoms. The molecule has 0 radical (unpaired) electrons. The Labute approximate surface area is 170 Å². The van der Waals surface area contributed by atoms with E-state index in [1.807, 2.05) is 6.92 Å². The predicted octanol–water partition coefficient (Wildman–Crippen LogP) is 0.935. The Morgan fingerprint density at radius 1 is 1.39 bits per heavy atom. The van der Waals surface area contributed by atoms with Crippen molar-refractivity contribution in [2.45, 2.75) is 43.3 Å². The molecule has 3 rings (SSSR count). The maximum absolute atomic E-state index is 12.4. The number of carboxylic acids is 1. The first-order valence-electron chi connectivity index (χ1n) is 8.77. The van der Waals surface area contributed by atoms with Gasteiger partial charge in [-0.2, -0.15) is 0 Å². The molecule has 1 aromatic rings. The van der Waals surface area contributed by atoms with Crippen LogP contribution in [0.25, 0.3) is 0 Å². The van der Waals surface area contributed by atoms with Crippen LogP contribution in [0.4, 0.5) is 5.82 Å². The second-order valence-electron chi connectivity index (χ2n) is 6.87. The smallest absolute Gasteiger partial charge is 0.353 e. The number of carbonyl (C=O) groups is 3. The molecule has 0 saturated carbocycles. The molecular weight excluding hydrogens is 404 g/mol. The summed E-state index contributed by atoms with van der Waals surface area (Å²) in [6.45, 7) is 5.12. The highest BCUT2D eigenvalue weighted by atomic mass is 32.2. The van der Waals surface area contributed by atoms with Gasteiger partial charge in [-0.15, -0.1) is 11.3 Å². The SMILES string of the molecule is CNC(C)C(=O)Nc1csc(SC2=C(C(=O)O)N3C(=O)[C@H]([C@@H](C)O)[C@H]3[C@H]2C)n1. The number of hydrogen-bond donors (Lipinski definition) is 4. The molecule has 0 aliphatic carbocycles. The van der Waals surface area contributed by atoms with Crippen molar-refractivity contribution in [3.63, 3.8) is 0 Å². The lowest BCUT2D eigenvalue weighted by atomic mass is 9.79. The number of carbonyl (C=O) groups excluding carboxylic acids is 2. The van der Waals surface area contributed by atoms with E-state index in [0.717, 1.165) is 0 Å². The van der Waals surface area contributed by atoms with Crippen LogP contribution >= 0.6 is 23.1 Å². The van der Waals surface area contributed by atoms with Gasteiger partial charge in [0, 0.05) is 16.2 Å². The van der Waals surface area contributed by atoms with Crippen molar-refractivity contribution in [3.8, 4) is 0 Å². The van der Waals surface area contributed by atoms with Crippen LogP contribution < -0.4 is 10.6 Å². The van der Waals surface area contributed by atoms with Gasteiger partial charge in [0.05, 0.1) is 24.1 Å². The predicted molar refractivity (Wildman–Crippen MR) is 105 cm³/mol. The molecule has 4 N–H and O–H groups in total. The molecular formula is C17H22N4O5S2. The highest BCUT2D eigenvalue weighted by Gasteiger charge is 2.60. The number of hydrogen-bond acceptors (Lipinski definition) is 8. The van der Waals surface area contributed by atoms with E-state index in [1.54, 1.807) is 26.3 Å². The van der Waals surface area contributed by atoms with Crippen LogP contribution in [0.15, 0.2) is 20.3 Å². The summed E-state index contributed by atoms with van der Waals surface area (Å²) in [6.07, 6.45) is -0.841. The number of β-lactam (4-membered cyclic amide) rings is 1. The molecule has 152 valence electrons. The van der Waals surface area contributed by atoms with Gasteiger partial charge in [0.15, 0.2) is 4.34 Å². The average molecular weight is 427 g/mol.